The van der Waals surface area contributed by atoms with Crippen molar-refractivity contribution in [2.45, 2.75) is 64.1 Å². The zero-order valence-corrected chi connectivity index (χ0v) is 15.3. The van der Waals surface area contributed by atoms with Gasteiger partial charge in [-0.1, -0.05) is 0 Å². The molecular weight excluding hydrogens is 336 g/mol. The first-order valence-electron chi connectivity index (χ1n) is 8.61. The van der Waals surface area contributed by atoms with Crippen molar-refractivity contribution in [3.63, 3.8) is 0 Å². The number of nitro benzene ring substituents is 1. The molecule has 1 aromatic rings. The number of carbonyl (C=O) groups excluding carboxylic acids is 1. The van der Waals surface area contributed by atoms with Crippen molar-refractivity contribution >= 4 is 17.8 Å². The number of nitriles is 1. The number of nitro groups is 1. The van der Waals surface area contributed by atoms with E-state index in [1.54, 1.807) is 12.1 Å². The van der Waals surface area contributed by atoms with E-state index in [9.17, 15) is 14.9 Å². The van der Waals surface area contributed by atoms with Crippen LogP contribution in [0.2, 0.25) is 0 Å². The van der Waals surface area contributed by atoms with Crippen LogP contribution in [0.3, 0.4) is 0 Å². The molecule has 26 heavy (non-hydrogen) atoms. The highest BCUT2D eigenvalue weighted by molar-refractivity contribution is 5.64. The number of benzene rings is 1. The van der Waals surface area contributed by atoms with E-state index in [2.05, 4.69) is 5.32 Å². The fraction of sp³-hybridized carbons (Fsp3) is 0.556. The highest BCUT2D eigenvalue weighted by Crippen LogP contribution is 2.31. The minimum Gasteiger partial charge on any atom is -0.377 e. The number of carbonyl (C=O) groups is 1. The van der Waals surface area contributed by atoms with Crippen LogP contribution in [0.15, 0.2) is 18.2 Å². The van der Waals surface area contributed by atoms with E-state index in [0.29, 0.717) is 5.69 Å². The standard InChI is InChI=1S/C18H24N4O4/c1-18(2,3)26-21(12-23)15-7-5-14(6-8-15)20-16-9-4-13(11-19)10-17(16)22(24)25/h4,9-10,12,14-15,20H,5-8H2,1-3H3. The quantitative estimate of drug-likeness (QED) is 0.473. The molecule has 0 radical (unpaired) electrons. The molecule has 0 heterocycles. The van der Waals surface area contributed by atoms with Gasteiger partial charge < -0.3 is 5.32 Å². The second-order valence-corrected chi connectivity index (χ2v) is 7.42. The van der Waals surface area contributed by atoms with E-state index in [1.807, 2.05) is 26.8 Å². The largest absolute Gasteiger partial charge is 0.377 e. The zero-order valence-electron chi connectivity index (χ0n) is 15.3. The normalized spacial score (nSPS) is 20.1. The van der Waals surface area contributed by atoms with Gasteiger partial charge in [0.2, 0.25) is 6.41 Å². The van der Waals surface area contributed by atoms with E-state index in [0.717, 1.165) is 32.1 Å². The van der Waals surface area contributed by atoms with E-state index in [4.69, 9.17) is 10.1 Å². The first kappa shape index (κ1) is 19.7. The Morgan fingerprint density at radius 3 is 2.50 bits per heavy atom. The molecule has 8 heteroatoms. The Morgan fingerprint density at radius 1 is 1.35 bits per heavy atom. The third kappa shape index (κ3) is 5.17. The molecule has 1 N–H and O–H groups in total. The second kappa shape index (κ2) is 8.15. The Bertz CT molecular complexity index is 700. The van der Waals surface area contributed by atoms with Crippen LogP contribution in [-0.2, 0) is 9.63 Å². The van der Waals surface area contributed by atoms with Crippen molar-refractivity contribution in [1.82, 2.24) is 5.06 Å². The van der Waals surface area contributed by atoms with Gasteiger partial charge in [-0.25, -0.2) is 5.06 Å². The summed E-state index contributed by atoms with van der Waals surface area (Å²) in [5.74, 6) is 0. The Kier molecular flexibility index (Phi) is 6.16. The van der Waals surface area contributed by atoms with Gasteiger partial charge in [0.25, 0.3) is 5.69 Å². The lowest BCUT2D eigenvalue weighted by atomic mass is 9.91. The van der Waals surface area contributed by atoms with Crippen molar-refractivity contribution < 1.29 is 14.6 Å². The van der Waals surface area contributed by atoms with E-state index in [1.165, 1.54) is 11.1 Å². The highest BCUT2D eigenvalue weighted by Gasteiger charge is 2.29. The number of hydrogen-bond donors (Lipinski definition) is 1. The lowest BCUT2D eigenvalue weighted by molar-refractivity contribution is -0.384. The van der Waals surface area contributed by atoms with Gasteiger partial charge in [-0.05, 0) is 58.6 Å². The molecule has 0 atom stereocenters. The summed E-state index contributed by atoms with van der Waals surface area (Å²) >= 11 is 0. The smallest absolute Gasteiger partial charge is 0.293 e. The molecule has 1 amide bonds. The van der Waals surface area contributed by atoms with Crippen molar-refractivity contribution in [2.24, 2.45) is 0 Å². The summed E-state index contributed by atoms with van der Waals surface area (Å²) in [6, 6.07) is 6.39. The predicted molar refractivity (Wildman–Crippen MR) is 96.2 cm³/mol. The minimum atomic E-state index is -0.486. The first-order chi connectivity index (χ1) is 12.2. The lowest BCUT2D eigenvalue weighted by Crippen LogP contribution is -2.43. The molecule has 0 aliphatic heterocycles. The first-order valence-corrected chi connectivity index (χ1v) is 8.61. The van der Waals surface area contributed by atoms with E-state index < -0.39 is 10.5 Å². The van der Waals surface area contributed by atoms with Crippen LogP contribution in [0.1, 0.15) is 52.0 Å². The topological polar surface area (TPSA) is 108 Å². The molecule has 8 nitrogen and oxygen atoms in total. The molecule has 0 bridgehead atoms. The van der Waals surface area contributed by atoms with Crippen molar-refractivity contribution in [3.8, 4) is 6.07 Å². The van der Waals surface area contributed by atoms with Gasteiger partial charge in [-0.2, -0.15) is 5.26 Å². The van der Waals surface area contributed by atoms with Crippen LogP contribution in [0.4, 0.5) is 11.4 Å². The molecule has 0 spiro atoms. The monoisotopic (exact) mass is 360 g/mol. The number of nitrogens with zero attached hydrogens (tertiary/aromatic N) is 3. The molecule has 0 aromatic heterocycles. The number of hydroxylamine groups is 2. The van der Waals surface area contributed by atoms with Crippen LogP contribution >= 0.6 is 0 Å². The molecular formula is C18H24N4O4. The van der Waals surface area contributed by atoms with Gasteiger partial charge in [0, 0.05) is 12.1 Å². The summed E-state index contributed by atoms with van der Waals surface area (Å²) in [6.07, 6.45) is 3.74. The molecule has 1 aromatic carbocycles. The molecule has 1 saturated carbocycles. The van der Waals surface area contributed by atoms with Gasteiger partial charge in [0.15, 0.2) is 0 Å². The molecule has 2 rings (SSSR count). The van der Waals surface area contributed by atoms with Crippen LogP contribution in [0.5, 0.6) is 0 Å². The maximum absolute atomic E-state index is 11.3. The lowest BCUT2D eigenvalue weighted by Gasteiger charge is -2.37. The van der Waals surface area contributed by atoms with Crippen LogP contribution in [0.25, 0.3) is 0 Å². The average molecular weight is 360 g/mol. The summed E-state index contributed by atoms with van der Waals surface area (Å²) in [4.78, 5) is 27.8. The summed E-state index contributed by atoms with van der Waals surface area (Å²) in [6.45, 7) is 5.67. The summed E-state index contributed by atoms with van der Waals surface area (Å²) < 4.78 is 0. The Balaban J connectivity index is 2.00. The second-order valence-electron chi connectivity index (χ2n) is 7.42. The van der Waals surface area contributed by atoms with Gasteiger partial charge in [0.05, 0.1) is 28.2 Å². The summed E-state index contributed by atoms with van der Waals surface area (Å²) in [5, 5.41) is 24.7. The fourth-order valence-corrected chi connectivity index (χ4v) is 3.07. The third-order valence-electron chi connectivity index (χ3n) is 4.22. The van der Waals surface area contributed by atoms with E-state index >= 15 is 0 Å². The van der Waals surface area contributed by atoms with Crippen LogP contribution < -0.4 is 5.32 Å². The van der Waals surface area contributed by atoms with Crippen LogP contribution in [0, 0.1) is 21.4 Å². The highest BCUT2D eigenvalue weighted by atomic mass is 16.7. The third-order valence-corrected chi connectivity index (χ3v) is 4.22. The zero-order chi connectivity index (χ0) is 19.3. The Hall–Kier alpha value is -2.66. The Labute approximate surface area is 152 Å². The average Bonchev–Trinajstić information content (AvgIpc) is 2.59. The number of rotatable bonds is 6. The number of nitrogens with one attached hydrogen (secondary N) is 1. The Morgan fingerprint density at radius 2 is 2.00 bits per heavy atom. The van der Waals surface area contributed by atoms with Crippen LogP contribution in [-0.4, -0.2) is 34.1 Å². The van der Waals surface area contributed by atoms with Gasteiger partial charge in [0.1, 0.15) is 5.69 Å². The summed E-state index contributed by atoms with van der Waals surface area (Å²) in [5.41, 5.74) is 0.123. The van der Waals surface area contributed by atoms with Crippen molar-refractivity contribution in [1.29, 1.82) is 5.26 Å². The van der Waals surface area contributed by atoms with Crippen molar-refractivity contribution in [2.75, 3.05) is 5.32 Å². The van der Waals surface area contributed by atoms with E-state index in [-0.39, 0.29) is 23.3 Å². The SMILES string of the molecule is CC(C)(C)ON(C=O)C1CCC(Nc2ccc(C#N)cc2[N+](=O)[O-])CC1. The number of amides is 1. The molecule has 0 saturated heterocycles. The molecule has 140 valence electrons. The minimum absolute atomic E-state index is 0.000672. The number of anilines is 1. The van der Waals surface area contributed by atoms with Gasteiger partial charge in [-0.3, -0.25) is 19.7 Å². The van der Waals surface area contributed by atoms with Crippen molar-refractivity contribution in [3.05, 3.63) is 33.9 Å². The summed E-state index contributed by atoms with van der Waals surface area (Å²) in [7, 11) is 0. The molecule has 1 aliphatic rings. The molecule has 0 unspecified atom stereocenters. The molecule has 1 fully saturated rings. The predicted octanol–water partition coefficient (Wildman–Crippen LogP) is 3.38. The van der Waals surface area contributed by atoms with Gasteiger partial charge in [-0.15, -0.1) is 0 Å². The fourth-order valence-electron chi connectivity index (χ4n) is 3.07. The maximum Gasteiger partial charge on any atom is 0.293 e. The maximum atomic E-state index is 11.3. The molecule has 1 aliphatic carbocycles. The number of hydrogen-bond acceptors (Lipinski definition) is 6. The van der Waals surface area contributed by atoms with Gasteiger partial charge >= 0.3 is 0 Å².